The average Bonchev–Trinajstić information content (AvgIpc) is 2.25. The molecule has 0 aliphatic carbocycles. The number of benzene rings is 1. The highest BCUT2D eigenvalue weighted by Gasteiger charge is 2.18. The fourth-order valence-corrected chi connectivity index (χ4v) is 2.10. The van der Waals surface area contributed by atoms with Crippen LogP contribution in [-0.2, 0) is 5.41 Å². The van der Waals surface area contributed by atoms with Crippen molar-refractivity contribution in [2.45, 2.75) is 33.1 Å². The van der Waals surface area contributed by atoms with Crippen LogP contribution in [0.1, 0.15) is 37.6 Å². The molecule has 2 N–H and O–H groups in total. The Labute approximate surface area is 113 Å². The molecule has 2 rings (SSSR count). The molecule has 0 saturated carbocycles. The molecule has 1 aromatic carbocycles. The summed E-state index contributed by atoms with van der Waals surface area (Å²) < 4.78 is 0. The fraction of sp³-hybridized carbons (Fsp3) is 0.333. The van der Waals surface area contributed by atoms with E-state index in [1.54, 1.807) is 0 Å². The van der Waals surface area contributed by atoms with Crippen molar-refractivity contribution in [3.05, 3.63) is 41.1 Å². The second kappa shape index (κ2) is 4.32. The lowest BCUT2D eigenvalue weighted by atomic mass is 9.89. The molecule has 94 valence electrons. The summed E-state index contributed by atoms with van der Waals surface area (Å²) in [6, 6.07) is 8.19. The van der Waals surface area contributed by atoms with Gasteiger partial charge in [-0.05, 0) is 25.1 Å². The summed E-state index contributed by atoms with van der Waals surface area (Å²) in [5.74, 6) is 0. The molecule has 1 heterocycles. The van der Waals surface area contributed by atoms with Gasteiger partial charge in [-0.25, -0.2) is 0 Å². The van der Waals surface area contributed by atoms with Crippen molar-refractivity contribution in [1.82, 2.24) is 4.98 Å². The lowest BCUT2D eigenvalue weighted by Gasteiger charge is -2.20. The van der Waals surface area contributed by atoms with Gasteiger partial charge in [0.15, 0.2) is 0 Å². The molecule has 0 spiro atoms. The van der Waals surface area contributed by atoms with E-state index in [1.165, 1.54) is 5.56 Å². The van der Waals surface area contributed by atoms with E-state index in [0.29, 0.717) is 4.99 Å². The number of thiocarbonyl (C=S) groups is 1. The van der Waals surface area contributed by atoms with Crippen LogP contribution in [0, 0.1) is 6.92 Å². The highest BCUT2D eigenvalue weighted by atomic mass is 32.1. The molecule has 0 radical (unpaired) electrons. The molecule has 3 heteroatoms. The van der Waals surface area contributed by atoms with Crippen LogP contribution in [0.5, 0.6) is 0 Å². The maximum atomic E-state index is 5.85. The van der Waals surface area contributed by atoms with E-state index in [2.05, 4.69) is 39.8 Å². The summed E-state index contributed by atoms with van der Waals surface area (Å²) in [7, 11) is 0. The number of rotatable bonds is 1. The lowest BCUT2D eigenvalue weighted by Crippen LogP contribution is -2.17. The number of aryl methyl sites for hydroxylation is 1. The summed E-state index contributed by atoms with van der Waals surface area (Å²) in [5.41, 5.74) is 9.91. The minimum absolute atomic E-state index is 0.0153. The van der Waals surface area contributed by atoms with Gasteiger partial charge in [-0.3, -0.25) is 4.98 Å². The van der Waals surface area contributed by atoms with E-state index in [4.69, 9.17) is 22.9 Å². The molecule has 0 aliphatic rings. The minimum Gasteiger partial charge on any atom is -0.389 e. The van der Waals surface area contributed by atoms with Gasteiger partial charge in [0.2, 0.25) is 0 Å². The van der Waals surface area contributed by atoms with Gasteiger partial charge in [0.1, 0.15) is 4.99 Å². The zero-order valence-corrected chi connectivity index (χ0v) is 12.1. The quantitative estimate of drug-likeness (QED) is 0.796. The van der Waals surface area contributed by atoms with Crippen LogP contribution in [0.2, 0.25) is 0 Å². The molecule has 2 nitrogen and oxygen atoms in total. The van der Waals surface area contributed by atoms with Gasteiger partial charge >= 0.3 is 0 Å². The maximum Gasteiger partial charge on any atom is 0.104 e. The van der Waals surface area contributed by atoms with Gasteiger partial charge in [0.05, 0.1) is 5.52 Å². The number of hydrogen-bond acceptors (Lipinski definition) is 2. The summed E-state index contributed by atoms with van der Waals surface area (Å²) >= 11 is 5.17. The number of pyridine rings is 1. The summed E-state index contributed by atoms with van der Waals surface area (Å²) in [5, 5.41) is 1.04. The first kappa shape index (κ1) is 13.0. The second-order valence-electron chi connectivity index (χ2n) is 5.69. The van der Waals surface area contributed by atoms with Gasteiger partial charge in [0, 0.05) is 22.1 Å². The standard InChI is InChI=1S/C15H18N2S/c1-9-5-6-12-10(7-9)11(14(16)18)8-13(17-12)15(2,3)4/h5-8H,1-4H3,(H2,16,18). The second-order valence-corrected chi connectivity index (χ2v) is 6.13. The molecular formula is C15H18N2S. The zero-order valence-electron chi connectivity index (χ0n) is 11.2. The van der Waals surface area contributed by atoms with Gasteiger partial charge in [0.25, 0.3) is 0 Å². The Bertz CT molecular complexity index is 624. The van der Waals surface area contributed by atoms with E-state index in [1.807, 2.05) is 12.1 Å². The Balaban J connectivity index is 2.83. The Hall–Kier alpha value is -1.48. The topological polar surface area (TPSA) is 38.9 Å². The Morgan fingerprint density at radius 1 is 1.22 bits per heavy atom. The number of fused-ring (bicyclic) bond motifs is 1. The summed E-state index contributed by atoms with van der Waals surface area (Å²) in [4.78, 5) is 5.14. The monoisotopic (exact) mass is 258 g/mol. The zero-order chi connectivity index (χ0) is 13.5. The molecule has 0 bridgehead atoms. The predicted molar refractivity (Wildman–Crippen MR) is 81.1 cm³/mol. The van der Waals surface area contributed by atoms with Crippen LogP contribution in [-0.4, -0.2) is 9.97 Å². The third-order valence-electron chi connectivity index (χ3n) is 3.00. The first-order valence-corrected chi connectivity index (χ1v) is 6.41. The lowest BCUT2D eigenvalue weighted by molar-refractivity contribution is 0.571. The molecule has 0 aliphatic heterocycles. The minimum atomic E-state index is -0.0153. The Morgan fingerprint density at radius 2 is 1.89 bits per heavy atom. The number of nitrogens with two attached hydrogens (primary N) is 1. The summed E-state index contributed by atoms with van der Waals surface area (Å²) in [6.45, 7) is 8.47. The molecular weight excluding hydrogens is 240 g/mol. The molecule has 0 unspecified atom stereocenters. The van der Waals surface area contributed by atoms with Crippen molar-refractivity contribution < 1.29 is 0 Å². The van der Waals surface area contributed by atoms with E-state index >= 15 is 0 Å². The van der Waals surface area contributed by atoms with Crippen molar-refractivity contribution in [3.8, 4) is 0 Å². The largest absolute Gasteiger partial charge is 0.389 e. The van der Waals surface area contributed by atoms with E-state index in [9.17, 15) is 0 Å². The van der Waals surface area contributed by atoms with Gasteiger partial charge in [-0.1, -0.05) is 44.6 Å². The van der Waals surface area contributed by atoms with Crippen LogP contribution in [0.3, 0.4) is 0 Å². The van der Waals surface area contributed by atoms with Crippen molar-refractivity contribution in [2.75, 3.05) is 0 Å². The van der Waals surface area contributed by atoms with Crippen LogP contribution < -0.4 is 5.73 Å². The van der Waals surface area contributed by atoms with E-state index in [0.717, 1.165) is 22.2 Å². The molecule has 1 aromatic heterocycles. The van der Waals surface area contributed by atoms with Crippen molar-refractivity contribution in [3.63, 3.8) is 0 Å². The Kier molecular flexibility index (Phi) is 3.11. The average molecular weight is 258 g/mol. The molecule has 0 atom stereocenters. The molecule has 0 amide bonds. The maximum absolute atomic E-state index is 5.85. The van der Waals surface area contributed by atoms with E-state index < -0.39 is 0 Å². The van der Waals surface area contributed by atoms with Gasteiger partial charge in [-0.2, -0.15) is 0 Å². The third kappa shape index (κ3) is 2.36. The van der Waals surface area contributed by atoms with Crippen LogP contribution in [0.4, 0.5) is 0 Å². The number of nitrogens with zero attached hydrogens (tertiary/aromatic N) is 1. The molecule has 0 fully saturated rings. The highest BCUT2D eigenvalue weighted by Crippen LogP contribution is 2.26. The highest BCUT2D eigenvalue weighted by molar-refractivity contribution is 7.80. The van der Waals surface area contributed by atoms with Gasteiger partial charge < -0.3 is 5.73 Å². The molecule has 0 saturated heterocycles. The van der Waals surface area contributed by atoms with Crippen LogP contribution in [0.15, 0.2) is 24.3 Å². The fourth-order valence-electron chi connectivity index (χ4n) is 1.93. The molecule has 18 heavy (non-hydrogen) atoms. The smallest absolute Gasteiger partial charge is 0.104 e. The third-order valence-corrected chi connectivity index (χ3v) is 3.22. The first-order valence-electron chi connectivity index (χ1n) is 6.01. The summed E-state index contributed by atoms with van der Waals surface area (Å²) in [6.07, 6.45) is 0. The van der Waals surface area contributed by atoms with E-state index in [-0.39, 0.29) is 5.41 Å². The Morgan fingerprint density at radius 3 is 2.44 bits per heavy atom. The normalized spacial score (nSPS) is 11.8. The van der Waals surface area contributed by atoms with Crippen molar-refractivity contribution in [2.24, 2.45) is 5.73 Å². The van der Waals surface area contributed by atoms with Crippen molar-refractivity contribution >= 4 is 28.1 Å². The number of aromatic nitrogens is 1. The van der Waals surface area contributed by atoms with Gasteiger partial charge in [-0.15, -0.1) is 0 Å². The SMILES string of the molecule is Cc1ccc2nc(C(C)(C)C)cc(C(N)=S)c2c1. The first-order chi connectivity index (χ1) is 8.29. The molecule has 2 aromatic rings. The number of hydrogen-bond donors (Lipinski definition) is 1. The predicted octanol–water partition coefficient (Wildman–Crippen LogP) is 3.47. The van der Waals surface area contributed by atoms with Crippen LogP contribution in [0.25, 0.3) is 10.9 Å². The van der Waals surface area contributed by atoms with Crippen LogP contribution >= 0.6 is 12.2 Å². The van der Waals surface area contributed by atoms with Crippen molar-refractivity contribution in [1.29, 1.82) is 0 Å².